The van der Waals surface area contributed by atoms with Gasteiger partial charge in [0.25, 0.3) is 0 Å². The fourth-order valence-electron chi connectivity index (χ4n) is 1.52. The fourth-order valence-corrected chi connectivity index (χ4v) is 1.52. The third-order valence-electron chi connectivity index (χ3n) is 2.44. The zero-order valence-electron chi connectivity index (χ0n) is 9.26. The standard InChI is InChI=1S/C12H15N3.ClH/c1-15-8-2-3-12(15)10-14-9-11-4-6-13-7-5-11;/h2-8,14H,9-10H2,1H3;1H. The lowest BCUT2D eigenvalue weighted by Crippen LogP contribution is -2.14. The minimum absolute atomic E-state index is 0. The third kappa shape index (κ3) is 3.36. The second-order valence-corrected chi connectivity index (χ2v) is 3.57. The molecule has 0 aliphatic carbocycles. The van der Waals surface area contributed by atoms with E-state index in [2.05, 4.69) is 40.2 Å². The largest absolute Gasteiger partial charge is 0.353 e. The second-order valence-electron chi connectivity index (χ2n) is 3.57. The highest BCUT2D eigenvalue weighted by atomic mass is 35.5. The normalized spacial score (nSPS) is 9.81. The summed E-state index contributed by atoms with van der Waals surface area (Å²) in [5.41, 5.74) is 2.56. The Morgan fingerprint density at radius 2 is 1.94 bits per heavy atom. The molecular formula is C12H16ClN3. The minimum Gasteiger partial charge on any atom is -0.353 e. The number of pyridine rings is 1. The fraction of sp³-hybridized carbons (Fsp3) is 0.250. The summed E-state index contributed by atoms with van der Waals surface area (Å²) in [4.78, 5) is 3.99. The van der Waals surface area contributed by atoms with Crippen LogP contribution in [0.3, 0.4) is 0 Å². The Kier molecular flexibility index (Phi) is 5.02. The van der Waals surface area contributed by atoms with Crippen LogP contribution in [0.5, 0.6) is 0 Å². The van der Waals surface area contributed by atoms with Crippen LogP contribution in [0.2, 0.25) is 0 Å². The lowest BCUT2D eigenvalue weighted by molar-refractivity contribution is 0.655. The summed E-state index contributed by atoms with van der Waals surface area (Å²) >= 11 is 0. The summed E-state index contributed by atoms with van der Waals surface area (Å²) in [6.07, 6.45) is 5.70. The molecule has 0 saturated carbocycles. The molecule has 2 rings (SSSR count). The van der Waals surface area contributed by atoms with Crippen LogP contribution in [-0.4, -0.2) is 9.55 Å². The van der Waals surface area contributed by atoms with E-state index in [1.54, 1.807) is 0 Å². The minimum atomic E-state index is 0. The van der Waals surface area contributed by atoms with Crippen molar-refractivity contribution in [2.75, 3.05) is 0 Å². The van der Waals surface area contributed by atoms with Crippen LogP contribution < -0.4 is 5.32 Å². The summed E-state index contributed by atoms with van der Waals surface area (Å²) < 4.78 is 2.12. The van der Waals surface area contributed by atoms with Gasteiger partial charge in [-0.25, -0.2) is 0 Å². The average molecular weight is 238 g/mol. The number of hydrogen-bond donors (Lipinski definition) is 1. The highest BCUT2D eigenvalue weighted by Gasteiger charge is 1.96. The topological polar surface area (TPSA) is 29.9 Å². The zero-order valence-corrected chi connectivity index (χ0v) is 10.1. The summed E-state index contributed by atoms with van der Waals surface area (Å²) in [5, 5.41) is 3.40. The van der Waals surface area contributed by atoms with Gasteiger partial charge in [0.15, 0.2) is 0 Å². The Hall–Kier alpha value is -1.32. The van der Waals surface area contributed by atoms with Crippen molar-refractivity contribution in [1.29, 1.82) is 0 Å². The Morgan fingerprint density at radius 1 is 1.19 bits per heavy atom. The zero-order chi connectivity index (χ0) is 10.5. The lowest BCUT2D eigenvalue weighted by atomic mass is 10.2. The van der Waals surface area contributed by atoms with Crippen LogP contribution in [0, 0.1) is 0 Å². The molecule has 3 nitrogen and oxygen atoms in total. The van der Waals surface area contributed by atoms with Gasteiger partial charge < -0.3 is 9.88 Å². The van der Waals surface area contributed by atoms with E-state index >= 15 is 0 Å². The molecule has 0 bridgehead atoms. The van der Waals surface area contributed by atoms with Crippen molar-refractivity contribution in [1.82, 2.24) is 14.9 Å². The van der Waals surface area contributed by atoms with Crippen LogP contribution in [0.1, 0.15) is 11.3 Å². The Morgan fingerprint density at radius 3 is 2.56 bits per heavy atom. The van der Waals surface area contributed by atoms with E-state index in [-0.39, 0.29) is 12.4 Å². The van der Waals surface area contributed by atoms with Gasteiger partial charge in [-0.15, -0.1) is 12.4 Å². The molecule has 4 heteroatoms. The first-order valence-electron chi connectivity index (χ1n) is 5.06. The van der Waals surface area contributed by atoms with Crippen LogP contribution in [0.25, 0.3) is 0 Å². The first-order valence-corrected chi connectivity index (χ1v) is 5.06. The number of nitrogens with one attached hydrogen (secondary N) is 1. The van der Waals surface area contributed by atoms with Crippen LogP contribution in [0.15, 0.2) is 42.9 Å². The number of nitrogens with zero attached hydrogens (tertiary/aromatic N) is 2. The summed E-state index contributed by atoms with van der Waals surface area (Å²) in [6, 6.07) is 8.24. The van der Waals surface area contributed by atoms with E-state index < -0.39 is 0 Å². The molecule has 86 valence electrons. The van der Waals surface area contributed by atoms with Gasteiger partial charge in [-0.05, 0) is 29.8 Å². The van der Waals surface area contributed by atoms with E-state index in [1.807, 2.05) is 24.5 Å². The molecule has 0 aliphatic heterocycles. The van der Waals surface area contributed by atoms with Crippen LogP contribution in [0.4, 0.5) is 0 Å². The lowest BCUT2D eigenvalue weighted by Gasteiger charge is -2.05. The molecule has 2 aromatic heterocycles. The predicted octanol–water partition coefficient (Wildman–Crippen LogP) is 2.13. The molecule has 0 spiro atoms. The van der Waals surface area contributed by atoms with Gasteiger partial charge in [-0.3, -0.25) is 4.98 Å². The number of hydrogen-bond acceptors (Lipinski definition) is 2. The van der Waals surface area contributed by atoms with Crippen molar-refractivity contribution in [3.63, 3.8) is 0 Å². The smallest absolute Gasteiger partial charge is 0.0362 e. The molecule has 0 aromatic carbocycles. The first-order chi connectivity index (χ1) is 7.36. The van der Waals surface area contributed by atoms with E-state index in [4.69, 9.17) is 0 Å². The predicted molar refractivity (Wildman–Crippen MR) is 67.4 cm³/mol. The molecule has 0 aliphatic rings. The van der Waals surface area contributed by atoms with Crippen molar-refractivity contribution in [2.24, 2.45) is 7.05 Å². The molecule has 0 radical (unpaired) electrons. The quantitative estimate of drug-likeness (QED) is 0.883. The number of aromatic nitrogens is 2. The highest BCUT2D eigenvalue weighted by Crippen LogP contribution is 2.00. The van der Waals surface area contributed by atoms with Gasteiger partial charge in [0.05, 0.1) is 0 Å². The van der Waals surface area contributed by atoms with Crippen molar-refractivity contribution in [3.8, 4) is 0 Å². The Bertz CT molecular complexity index is 411. The summed E-state index contributed by atoms with van der Waals surface area (Å²) in [5.74, 6) is 0. The maximum Gasteiger partial charge on any atom is 0.0362 e. The van der Waals surface area contributed by atoms with Gasteiger partial charge in [0, 0.05) is 44.4 Å². The molecule has 0 saturated heterocycles. The van der Waals surface area contributed by atoms with Crippen molar-refractivity contribution in [2.45, 2.75) is 13.1 Å². The maximum absolute atomic E-state index is 3.99. The Balaban J connectivity index is 0.00000128. The second kappa shape index (κ2) is 6.30. The Labute approximate surface area is 102 Å². The summed E-state index contributed by atoms with van der Waals surface area (Å²) in [7, 11) is 2.06. The molecule has 2 heterocycles. The molecule has 1 N–H and O–H groups in total. The molecule has 0 fully saturated rings. The molecule has 0 amide bonds. The van der Waals surface area contributed by atoms with Crippen LogP contribution >= 0.6 is 12.4 Å². The van der Waals surface area contributed by atoms with Crippen molar-refractivity contribution < 1.29 is 0 Å². The SMILES string of the molecule is Cl.Cn1cccc1CNCc1ccncc1. The molecule has 0 atom stereocenters. The molecule has 2 aromatic rings. The van der Waals surface area contributed by atoms with Gasteiger partial charge in [-0.2, -0.15) is 0 Å². The summed E-state index contributed by atoms with van der Waals surface area (Å²) in [6.45, 7) is 1.78. The molecular weight excluding hydrogens is 222 g/mol. The van der Waals surface area contributed by atoms with Gasteiger partial charge in [-0.1, -0.05) is 0 Å². The maximum atomic E-state index is 3.99. The van der Waals surface area contributed by atoms with E-state index in [9.17, 15) is 0 Å². The average Bonchev–Trinajstić information content (AvgIpc) is 2.66. The van der Waals surface area contributed by atoms with E-state index in [1.165, 1.54) is 11.3 Å². The van der Waals surface area contributed by atoms with Gasteiger partial charge >= 0.3 is 0 Å². The van der Waals surface area contributed by atoms with Gasteiger partial charge in [0.1, 0.15) is 0 Å². The molecule has 16 heavy (non-hydrogen) atoms. The number of halogens is 1. The van der Waals surface area contributed by atoms with Crippen molar-refractivity contribution >= 4 is 12.4 Å². The van der Waals surface area contributed by atoms with Crippen molar-refractivity contribution in [3.05, 3.63) is 54.1 Å². The van der Waals surface area contributed by atoms with E-state index in [0.29, 0.717) is 0 Å². The number of rotatable bonds is 4. The van der Waals surface area contributed by atoms with Gasteiger partial charge in [0.2, 0.25) is 0 Å². The highest BCUT2D eigenvalue weighted by molar-refractivity contribution is 5.85. The van der Waals surface area contributed by atoms with E-state index in [0.717, 1.165) is 13.1 Å². The first kappa shape index (κ1) is 12.7. The molecule has 0 unspecified atom stereocenters. The van der Waals surface area contributed by atoms with Crippen LogP contribution in [-0.2, 0) is 20.1 Å². The third-order valence-corrected chi connectivity index (χ3v) is 2.44. The monoisotopic (exact) mass is 237 g/mol. The number of aryl methyl sites for hydroxylation is 1.